The Hall–Kier alpha value is -9.27. The van der Waals surface area contributed by atoms with Gasteiger partial charge >= 0.3 is 5.97 Å². The third-order valence-electron chi connectivity index (χ3n) is 16.6. The van der Waals surface area contributed by atoms with Crippen LogP contribution in [0.5, 0.6) is 5.75 Å². The number of hydrogen-bond acceptors (Lipinski definition) is 17. The number of phenolic OH excluding ortho intramolecular Hbond substituents is 1. The number of nitrogens with zero attached hydrogens (tertiary/aromatic N) is 4. The Bertz CT molecular complexity index is 3100. The van der Waals surface area contributed by atoms with E-state index in [0.717, 1.165) is 0 Å². The molecule has 13 unspecified atom stereocenters. The van der Waals surface area contributed by atoms with Gasteiger partial charge in [0, 0.05) is 44.8 Å². The number of carbonyl (C=O) groups excluding carboxylic acids is 11. The highest BCUT2D eigenvalue weighted by atomic mass is 32.1. The number of aliphatic carboxylic acids is 1. The average Bonchev–Trinajstić information content (AvgIpc) is 1.75. The van der Waals surface area contributed by atoms with Gasteiger partial charge in [0.1, 0.15) is 72.2 Å². The fourth-order valence-electron chi connectivity index (χ4n) is 10.9. The minimum atomic E-state index is -1.40. The Balaban J connectivity index is 1.52. The van der Waals surface area contributed by atoms with Gasteiger partial charge in [-0.1, -0.05) is 76.6 Å². The zero-order valence-electron chi connectivity index (χ0n) is 56.2. The van der Waals surface area contributed by atoms with Crippen LogP contribution < -0.4 is 76.5 Å². The normalized spacial score (nSPS) is 17.7. The number of aromatic hydroxyl groups is 1. The van der Waals surface area contributed by atoms with Crippen LogP contribution in [0.25, 0.3) is 0 Å². The first-order valence-corrected chi connectivity index (χ1v) is 33.3. The highest BCUT2D eigenvalue weighted by molar-refractivity contribution is 7.80. The van der Waals surface area contributed by atoms with Crippen LogP contribution in [0.1, 0.15) is 124 Å². The summed E-state index contributed by atoms with van der Waals surface area (Å²) in [5.74, 6) is -10.6. The first-order chi connectivity index (χ1) is 45.8. The second-order valence-electron chi connectivity index (χ2n) is 25.0. The number of guanidine groups is 2. The highest BCUT2D eigenvalue weighted by Crippen LogP contribution is 2.24. The molecular formula is C64H100N18O14S. The van der Waals surface area contributed by atoms with E-state index < -0.39 is 149 Å². The lowest BCUT2D eigenvalue weighted by molar-refractivity contribution is -0.145. The second-order valence-corrected chi connectivity index (χ2v) is 25.3. The zero-order chi connectivity index (χ0) is 72.2. The van der Waals surface area contributed by atoms with Gasteiger partial charge in [0.25, 0.3) is 0 Å². The molecule has 2 saturated heterocycles. The van der Waals surface area contributed by atoms with E-state index in [9.17, 15) is 67.7 Å². The number of phenols is 1. The molecule has 0 bridgehead atoms. The molecule has 0 aliphatic carbocycles. The number of carboxylic acid groups (broad SMARTS) is 1. The SMILES string of the molecule is CCC(C)C(NC(=O)C(Cc1ccc(O)cc1)NC(=O)C(C)NC(=O)C(Cc1ccccc1)NC(=O)C(N)CS)C(=O)NC(C)C(=O)NC(CCCN=C(N)N)C(=O)N1CCCC1C(=O)NC(CC(C)C)C(=O)N1CCCC1C(=O)NC(CCCN=C(N)N)C(=O)NC(C)C(=O)O. The molecule has 2 aliphatic heterocycles. The fraction of sp³-hybridized carbons (Fsp3) is 0.594. The van der Waals surface area contributed by atoms with Gasteiger partial charge in [-0.2, -0.15) is 12.6 Å². The Morgan fingerprint density at radius 3 is 1.45 bits per heavy atom. The second kappa shape index (κ2) is 39.7. The number of likely N-dealkylation sites (tertiary alicyclic amines) is 2. The molecule has 2 aromatic carbocycles. The number of carbonyl (C=O) groups is 12. The number of hydrogen-bond donors (Lipinski definition) is 17. The number of thiol groups is 1. The van der Waals surface area contributed by atoms with Crippen molar-refractivity contribution >= 4 is 95.5 Å². The van der Waals surface area contributed by atoms with E-state index in [4.69, 9.17) is 28.7 Å². The van der Waals surface area contributed by atoms with Gasteiger partial charge in [0.05, 0.1) is 6.04 Å². The molecule has 13 atom stereocenters. The van der Waals surface area contributed by atoms with E-state index in [1.165, 1.54) is 54.8 Å². The van der Waals surface area contributed by atoms with Crippen LogP contribution in [-0.4, -0.2) is 207 Å². The lowest BCUT2D eigenvalue weighted by Gasteiger charge is -2.33. The number of amides is 11. The quantitative estimate of drug-likeness (QED) is 0.0139. The van der Waals surface area contributed by atoms with E-state index in [1.54, 1.807) is 44.2 Å². The maximum Gasteiger partial charge on any atom is 0.325 e. The van der Waals surface area contributed by atoms with Gasteiger partial charge in [-0.3, -0.25) is 67.5 Å². The van der Waals surface area contributed by atoms with E-state index >= 15 is 0 Å². The molecule has 4 rings (SSSR count). The van der Waals surface area contributed by atoms with E-state index in [0.29, 0.717) is 30.4 Å². The molecule has 536 valence electrons. The molecule has 11 amide bonds. The van der Waals surface area contributed by atoms with Crippen LogP contribution >= 0.6 is 12.6 Å². The minimum Gasteiger partial charge on any atom is -0.508 e. The fourth-order valence-corrected chi connectivity index (χ4v) is 11.1. The van der Waals surface area contributed by atoms with E-state index in [2.05, 4.69) is 70.5 Å². The van der Waals surface area contributed by atoms with Crippen molar-refractivity contribution in [3.63, 3.8) is 0 Å². The smallest absolute Gasteiger partial charge is 0.325 e. The van der Waals surface area contributed by atoms with Gasteiger partial charge in [0.15, 0.2) is 11.9 Å². The topological polar surface area (TPSA) is 515 Å². The summed E-state index contributed by atoms with van der Waals surface area (Å²) in [5.41, 5.74) is 29.2. The molecule has 0 saturated carbocycles. The number of aliphatic imine (C=N–C) groups is 2. The van der Waals surface area contributed by atoms with Crippen LogP contribution in [-0.2, 0) is 70.4 Å². The Labute approximate surface area is 570 Å². The largest absolute Gasteiger partial charge is 0.508 e. The molecule has 21 N–H and O–H groups in total. The van der Waals surface area contributed by atoms with Gasteiger partial charge in [0.2, 0.25) is 65.0 Å². The maximum atomic E-state index is 14.8. The molecule has 97 heavy (non-hydrogen) atoms. The summed E-state index contributed by atoms with van der Waals surface area (Å²) in [6.45, 7) is 11.5. The number of rotatable bonds is 38. The maximum absolute atomic E-state index is 14.8. The first-order valence-electron chi connectivity index (χ1n) is 32.7. The van der Waals surface area contributed by atoms with Crippen molar-refractivity contribution in [1.29, 1.82) is 0 Å². The molecule has 32 nitrogen and oxygen atoms in total. The zero-order valence-corrected chi connectivity index (χ0v) is 57.1. The van der Waals surface area contributed by atoms with Crippen LogP contribution in [0, 0.1) is 11.8 Å². The van der Waals surface area contributed by atoms with Gasteiger partial charge in [-0.15, -0.1) is 0 Å². The van der Waals surface area contributed by atoms with Gasteiger partial charge in [-0.05, 0) is 114 Å². The summed E-state index contributed by atoms with van der Waals surface area (Å²) >= 11 is 4.09. The minimum absolute atomic E-state index is 0.00816. The molecule has 0 radical (unpaired) electrons. The predicted molar refractivity (Wildman–Crippen MR) is 364 cm³/mol. The number of nitrogens with two attached hydrogens (primary N) is 5. The van der Waals surface area contributed by atoms with Crippen molar-refractivity contribution in [3.05, 3.63) is 65.7 Å². The van der Waals surface area contributed by atoms with Crippen molar-refractivity contribution in [2.75, 3.05) is 31.9 Å². The average molecular weight is 1380 g/mol. The molecule has 2 aliphatic rings. The standard InChI is InChI=1S/C64H100N18O14S/c1-8-35(4)50(80-56(89)46(32-40-22-24-41(83)25-23-40)77-52(85)36(5)72-55(88)45(78-53(86)42(65)33-97)31-39-16-10-9-11-17-39)59(92)73-37(6)51(84)76-44(19-13-27-71-64(68)69)60(93)81-28-14-21-49(81)58(91)79-47(30-34(2)3)61(94)82-29-15-20-48(82)57(90)75-43(18-12-26-70-63(66)67)54(87)74-38(7)62(95)96/h9-11,16-17,22-25,34-38,42-50,83,97H,8,12-15,18-21,26-33,65H2,1-7H3,(H,72,88)(H,73,92)(H,74,87)(H,75,90)(H,76,84)(H,77,85)(H,78,86)(H,79,91)(H,80,89)(H,95,96)(H4,66,67,70)(H4,68,69,71). The van der Waals surface area contributed by atoms with Crippen molar-refractivity contribution in [3.8, 4) is 5.75 Å². The summed E-state index contributed by atoms with van der Waals surface area (Å²) in [6, 6.07) is -0.177. The van der Waals surface area contributed by atoms with E-state index in [-0.39, 0.29) is 113 Å². The summed E-state index contributed by atoms with van der Waals surface area (Å²) < 4.78 is 0. The van der Waals surface area contributed by atoms with Crippen molar-refractivity contribution in [2.24, 2.45) is 50.5 Å². The third-order valence-corrected chi connectivity index (χ3v) is 17.0. The number of carboxylic acids is 1. The molecular weight excluding hydrogens is 1280 g/mol. The summed E-state index contributed by atoms with van der Waals surface area (Å²) in [4.78, 5) is 177. The van der Waals surface area contributed by atoms with Crippen LogP contribution in [0.3, 0.4) is 0 Å². The van der Waals surface area contributed by atoms with Gasteiger partial charge in [-0.25, -0.2) is 0 Å². The lowest BCUT2D eigenvalue weighted by atomic mass is 9.96. The molecule has 0 spiro atoms. The molecule has 2 heterocycles. The van der Waals surface area contributed by atoms with Crippen LogP contribution in [0.15, 0.2) is 64.6 Å². The van der Waals surface area contributed by atoms with Crippen LogP contribution in [0.4, 0.5) is 0 Å². The predicted octanol–water partition coefficient (Wildman–Crippen LogP) is -2.88. The summed E-state index contributed by atoms with van der Waals surface area (Å²) in [7, 11) is 0. The Morgan fingerprint density at radius 1 is 0.536 bits per heavy atom. The lowest BCUT2D eigenvalue weighted by Crippen LogP contribution is -2.61. The molecule has 2 aromatic rings. The monoisotopic (exact) mass is 1380 g/mol. The summed E-state index contributed by atoms with van der Waals surface area (Å²) in [5, 5.41) is 43.4. The Morgan fingerprint density at radius 2 is 0.969 bits per heavy atom. The molecule has 2 fully saturated rings. The van der Waals surface area contributed by atoms with Crippen molar-refractivity contribution in [1.82, 2.24) is 57.7 Å². The highest BCUT2D eigenvalue weighted by Gasteiger charge is 2.43. The molecule has 0 aromatic heterocycles. The van der Waals surface area contributed by atoms with Gasteiger partial charge < -0.3 is 96.5 Å². The van der Waals surface area contributed by atoms with Crippen LogP contribution in [0.2, 0.25) is 0 Å². The third kappa shape index (κ3) is 26.0. The van der Waals surface area contributed by atoms with E-state index in [1.807, 2.05) is 13.8 Å². The summed E-state index contributed by atoms with van der Waals surface area (Å²) in [6.07, 6.45) is 1.82. The first kappa shape index (κ1) is 80.2. The molecule has 33 heteroatoms. The number of benzene rings is 2. The number of nitrogens with one attached hydrogen (secondary N) is 9. The van der Waals surface area contributed by atoms with Crippen molar-refractivity contribution in [2.45, 2.75) is 198 Å². The van der Waals surface area contributed by atoms with Crippen molar-refractivity contribution < 1.29 is 67.7 Å². The Kier molecular flexibility index (Phi) is 32.8.